The Hall–Kier alpha value is -0.340. The van der Waals surface area contributed by atoms with E-state index in [-0.39, 0.29) is 4.83 Å². The highest BCUT2D eigenvalue weighted by molar-refractivity contribution is 9.09. The van der Waals surface area contributed by atoms with Crippen LogP contribution in [0.1, 0.15) is 10.4 Å². The molecular weight excluding hydrogens is 227 g/mol. The van der Waals surface area contributed by atoms with Gasteiger partial charge in [0.2, 0.25) is 5.24 Å². The Morgan fingerprint density at radius 3 is 2.36 bits per heavy atom. The van der Waals surface area contributed by atoms with Crippen molar-refractivity contribution in [1.82, 2.24) is 0 Å². The van der Waals surface area contributed by atoms with Gasteiger partial charge >= 0.3 is 0 Å². The maximum atomic E-state index is 10.7. The van der Waals surface area contributed by atoms with Crippen LogP contribution in [0.25, 0.3) is 0 Å². The van der Waals surface area contributed by atoms with Gasteiger partial charge in [-0.3, -0.25) is 4.79 Å². The lowest BCUT2D eigenvalue weighted by Crippen LogP contribution is -1.97. The molecule has 1 nitrogen and oxygen atoms in total. The highest BCUT2D eigenvalue weighted by Crippen LogP contribution is 2.24. The summed E-state index contributed by atoms with van der Waals surface area (Å²) in [5.74, 6) is 0. The fourth-order valence-electron chi connectivity index (χ4n) is 0.753. The first kappa shape index (κ1) is 8.75. The van der Waals surface area contributed by atoms with Crippen LogP contribution in [-0.2, 0) is 4.79 Å². The van der Waals surface area contributed by atoms with E-state index in [1.165, 1.54) is 0 Å². The third kappa shape index (κ3) is 2.31. The summed E-state index contributed by atoms with van der Waals surface area (Å²) in [5, 5.41) is -0.392. The molecule has 0 amide bonds. The number of carbonyl (C=O) groups is 1. The van der Waals surface area contributed by atoms with Gasteiger partial charge in [0.05, 0.1) is 0 Å². The Balaban J connectivity index is 2.85. The third-order valence-corrected chi connectivity index (χ3v) is 2.72. The zero-order valence-corrected chi connectivity index (χ0v) is 7.97. The zero-order chi connectivity index (χ0) is 8.27. The first-order valence-corrected chi connectivity index (χ1v) is 4.39. The Kier molecular flexibility index (Phi) is 3.09. The largest absolute Gasteiger partial charge is 0.280 e. The van der Waals surface area contributed by atoms with Crippen LogP contribution < -0.4 is 0 Å². The van der Waals surface area contributed by atoms with Crippen LogP contribution in [0.3, 0.4) is 0 Å². The molecule has 0 bridgehead atoms. The summed E-state index contributed by atoms with van der Waals surface area (Å²) < 4.78 is 0. The van der Waals surface area contributed by atoms with Gasteiger partial charge < -0.3 is 0 Å². The fourth-order valence-corrected chi connectivity index (χ4v) is 1.18. The molecular formula is C8H6BrClO. The second-order valence-electron chi connectivity index (χ2n) is 2.08. The molecule has 1 rings (SSSR count). The van der Waals surface area contributed by atoms with E-state index in [0.29, 0.717) is 0 Å². The average Bonchev–Trinajstić information content (AvgIpc) is 2.05. The molecule has 58 valence electrons. The number of hydrogen-bond acceptors (Lipinski definition) is 1. The number of halogens is 2. The molecule has 0 spiro atoms. The Bertz CT molecular complexity index is 248. The summed E-state index contributed by atoms with van der Waals surface area (Å²) in [6.07, 6.45) is 0. The summed E-state index contributed by atoms with van der Waals surface area (Å²) in [6, 6.07) is 9.31. The smallest absolute Gasteiger partial charge is 0.239 e. The zero-order valence-electron chi connectivity index (χ0n) is 5.63. The number of benzene rings is 1. The molecule has 0 aliphatic rings. The van der Waals surface area contributed by atoms with Crippen LogP contribution in [0.5, 0.6) is 0 Å². The van der Waals surface area contributed by atoms with E-state index in [4.69, 9.17) is 11.6 Å². The van der Waals surface area contributed by atoms with E-state index in [0.717, 1.165) is 5.56 Å². The molecule has 1 aromatic carbocycles. The van der Waals surface area contributed by atoms with Crippen molar-refractivity contribution in [3.05, 3.63) is 35.9 Å². The molecule has 11 heavy (non-hydrogen) atoms. The van der Waals surface area contributed by atoms with E-state index >= 15 is 0 Å². The highest BCUT2D eigenvalue weighted by Gasteiger charge is 2.12. The third-order valence-electron chi connectivity index (χ3n) is 1.29. The fraction of sp³-hybridized carbons (Fsp3) is 0.125. The monoisotopic (exact) mass is 232 g/mol. The molecule has 0 N–H and O–H groups in total. The van der Waals surface area contributed by atoms with E-state index in [1.54, 1.807) is 0 Å². The minimum atomic E-state index is -0.392. The standard InChI is InChI=1S/C8H6BrClO/c9-7(8(10)11)6-4-2-1-3-5-6/h1-5,7H. The average molecular weight is 233 g/mol. The van der Waals surface area contributed by atoms with Crippen molar-refractivity contribution in [3.8, 4) is 0 Å². The van der Waals surface area contributed by atoms with Gasteiger partial charge in [-0.15, -0.1) is 0 Å². The summed E-state index contributed by atoms with van der Waals surface area (Å²) in [6.45, 7) is 0. The molecule has 0 aromatic heterocycles. The van der Waals surface area contributed by atoms with Crippen molar-refractivity contribution in [2.75, 3.05) is 0 Å². The topological polar surface area (TPSA) is 17.1 Å². The minimum Gasteiger partial charge on any atom is -0.280 e. The normalized spacial score (nSPS) is 12.5. The molecule has 0 aliphatic carbocycles. The quantitative estimate of drug-likeness (QED) is 0.567. The lowest BCUT2D eigenvalue weighted by atomic mass is 10.2. The molecule has 0 heterocycles. The van der Waals surface area contributed by atoms with Gasteiger partial charge in [-0.2, -0.15) is 0 Å². The molecule has 3 heteroatoms. The van der Waals surface area contributed by atoms with Crippen molar-refractivity contribution in [2.24, 2.45) is 0 Å². The van der Waals surface area contributed by atoms with Gasteiger partial charge in [0.25, 0.3) is 0 Å². The van der Waals surface area contributed by atoms with Crippen molar-refractivity contribution < 1.29 is 4.79 Å². The summed E-state index contributed by atoms with van der Waals surface area (Å²) in [7, 11) is 0. The second kappa shape index (κ2) is 3.88. The maximum Gasteiger partial charge on any atom is 0.239 e. The maximum absolute atomic E-state index is 10.7. The van der Waals surface area contributed by atoms with E-state index in [1.807, 2.05) is 30.3 Å². The Morgan fingerprint density at radius 2 is 1.91 bits per heavy atom. The van der Waals surface area contributed by atoms with E-state index in [2.05, 4.69) is 15.9 Å². The predicted molar refractivity (Wildman–Crippen MR) is 49.0 cm³/mol. The summed E-state index contributed by atoms with van der Waals surface area (Å²) in [5.41, 5.74) is 0.882. The van der Waals surface area contributed by atoms with Gasteiger partial charge in [-0.05, 0) is 17.2 Å². The van der Waals surface area contributed by atoms with E-state index in [9.17, 15) is 4.79 Å². The highest BCUT2D eigenvalue weighted by atomic mass is 79.9. The van der Waals surface area contributed by atoms with Gasteiger partial charge in [-0.1, -0.05) is 46.3 Å². The first-order chi connectivity index (χ1) is 5.22. The number of hydrogen-bond donors (Lipinski definition) is 0. The second-order valence-corrected chi connectivity index (χ2v) is 3.37. The van der Waals surface area contributed by atoms with Crippen molar-refractivity contribution in [2.45, 2.75) is 4.83 Å². The molecule has 1 aromatic rings. The molecule has 0 saturated heterocycles. The van der Waals surface area contributed by atoms with Crippen LogP contribution in [-0.4, -0.2) is 5.24 Å². The van der Waals surface area contributed by atoms with Crippen LogP contribution in [0.4, 0.5) is 0 Å². The van der Waals surface area contributed by atoms with Gasteiger partial charge in [0.15, 0.2) is 0 Å². The van der Waals surface area contributed by atoms with Crippen molar-refractivity contribution in [1.29, 1.82) is 0 Å². The SMILES string of the molecule is O=C(Cl)C(Br)c1ccccc1. The van der Waals surface area contributed by atoms with Crippen LogP contribution in [0, 0.1) is 0 Å². The van der Waals surface area contributed by atoms with E-state index < -0.39 is 5.24 Å². The summed E-state index contributed by atoms with van der Waals surface area (Å²) in [4.78, 5) is 10.3. The van der Waals surface area contributed by atoms with Crippen LogP contribution >= 0.6 is 27.5 Å². The first-order valence-electron chi connectivity index (χ1n) is 3.10. The Labute approximate surface area is 78.5 Å². The molecule has 1 unspecified atom stereocenters. The number of rotatable bonds is 2. The summed E-state index contributed by atoms with van der Waals surface area (Å²) >= 11 is 8.45. The molecule has 0 fully saturated rings. The number of carbonyl (C=O) groups excluding carboxylic acids is 1. The molecule has 0 aliphatic heterocycles. The lowest BCUT2D eigenvalue weighted by molar-refractivity contribution is -0.111. The van der Waals surface area contributed by atoms with Crippen molar-refractivity contribution >= 4 is 32.8 Å². The minimum absolute atomic E-state index is 0.384. The molecule has 1 atom stereocenters. The van der Waals surface area contributed by atoms with Crippen molar-refractivity contribution in [3.63, 3.8) is 0 Å². The predicted octanol–water partition coefficient (Wildman–Crippen LogP) is 2.89. The molecule has 0 radical (unpaired) electrons. The number of alkyl halides is 1. The van der Waals surface area contributed by atoms with Gasteiger partial charge in [-0.25, -0.2) is 0 Å². The Morgan fingerprint density at radius 1 is 1.36 bits per heavy atom. The van der Waals surface area contributed by atoms with Gasteiger partial charge in [0.1, 0.15) is 4.83 Å². The van der Waals surface area contributed by atoms with Gasteiger partial charge in [0, 0.05) is 0 Å². The van der Waals surface area contributed by atoms with Crippen LogP contribution in [0.15, 0.2) is 30.3 Å². The lowest BCUT2D eigenvalue weighted by Gasteiger charge is -2.02. The van der Waals surface area contributed by atoms with Crippen LogP contribution in [0.2, 0.25) is 0 Å². The molecule has 0 saturated carbocycles.